The molecule has 1 aromatic heterocycles. The monoisotopic (exact) mass is 353 g/mol. The Kier molecular flexibility index (Phi) is 5.96. The molecule has 0 atom stereocenters. The molecule has 2 amide bonds. The summed E-state index contributed by atoms with van der Waals surface area (Å²) in [6, 6.07) is 13.2. The zero-order chi connectivity index (χ0) is 18.4. The van der Waals surface area contributed by atoms with Crippen molar-refractivity contribution < 1.29 is 14.5 Å². The first-order valence-corrected chi connectivity index (χ1v) is 9.09. The number of quaternary nitrogens is 1. The minimum atomic E-state index is -0.0361. The predicted molar refractivity (Wildman–Crippen MR) is 100 cm³/mol. The molecule has 3 rings (SSSR count). The zero-order valence-electron chi connectivity index (χ0n) is 15.1. The van der Waals surface area contributed by atoms with Crippen molar-refractivity contribution >= 4 is 17.5 Å². The van der Waals surface area contributed by atoms with E-state index in [0.717, 1.165) is 30.8 Å². The highest BCUT2D eigenvalue weighted by Crippen LogP contribution is 2.14. The minimum Gasteiger partial charge on any atom is -0.326 e. The molecule has 0 unspecified atom stereocenters. The van der Waals surface area contributed by atoms with Crippen LogP contribution >= 0.6 is 0 Å². The fraction of sp³-hybridized carbons (Fsp3) is 0.350. The highest BCUT2D eigenvalue weighted by Gasteiger charge is 2.26. The lowest BCUT2D eigenvalue weighted by Gasteiger charge is -2.31. The van der Waals surface area contributed by atoms with Crippen LogP contribution in [0.5, 0.6) is 0 Å². The third-order valence-corrected chi connectivity index (χ3v) is 4.72. The van der Waals surface area contributed by atoms with Gasteiger partial charge in [0.05, 0.1) is 26.2 Å². The molecule has 2 heterocycles. The lowest BCUT2D eigenvalue weighted by molar-refractivity contribution is -0.895. The summed E-state index contributed by atoms with van der Waals surface area (Å²) in [5, 5.41) is 3.02. The number of pyridine rings is 1. The van der Waals surface area contributed by atoms with Crippen LogP contribution in [0.1, 0.15) is 23.0 Å². The molecule has 1 fully saturated rings. The molecule has 2 N–H and O–H groups in total. The Hall–Kier alpha value is -2.73. The van der Waals surface area contributed by atoms with Gasteiger partial charge < -0.3 is 15.1 Å². The van der Waals surface area contributed by atoms with Crippen LogP contribution in [-0.4, -0.2) is 54.4 Å². The maximum Gasteiger partial charge on any atom is 0.279 e. The number of carbonyl (C=O) groups is 2. The van der Waals surface area contributed by atoms with E-state index in [2.05, 4.69) is 17.2 Å². The molecule has 0 radical (unpaired) electrons. The largest absolute Gasteiger partial charge is 0.326 e. The first kappa shape index (κ1) is 18.1. The van der Waals surface area contributed by atoms with Gasteiger partial charge in [-0.2, -0.15) is 0 Å². The number of aryl methyl sites for hydroxylation is 1. The standard InChI is InChI=1S/C20H24N4O2/c1-2-16-7-3-4-8-17(16)22-19(25)15-23-11-13-24(14-12-23)20(26)18-9-5-6-10-21-18/h3-10H,2,11-15H2,1H3,(H,22,25)/p+1. The number of aromatic nitrogens is 1. The topological polar surface area (TPSA) is 66.7 Å². The quantitative estimate of drug-likeness (QED) is 0.828. The number of rotatable bonds is 5. The summed E-state index contributed by atoms with van der Waals surface area (Å²) in [5.74, 6) is -0.0172. The van der Waals surface area contributed by atoms with Gasteiger partial charge in [0.25, 0.3) is 11.8 Å². The molecule has 0 bridgehead atoms. The molecule has 0 aliphatic carbocycles. The summed E-state index contributed by atoms with van der Waals surface area (Å²) >= 11 is 0. The van der Waals surface area contributed by atoms with E-state index < -0.39 is 0 Å². The second-order valence-electron chi connectivity index (χ2n) is 6.49. The van der Waals surface area contributed by atoms with Gasteiger partial charge in [-0.3, -0.25) is 14.6 Å². The van der Waals surface area contributed by atoms with E-state index in [4.69, 9.17) is 0 Å². The van der Waals surface area contributed by atoms with Crippen molar-refractivity contribution in [2.24, 2.45) is 0 Å². The van der Waals surface area contributed by atoms with Gasteiger partial charge in [-0.1, -0.05) is 31.2 Å². The van der Waals surface area contributed by atoms with Crippen molar-refractivity contribution in [2.45, 2.75) is 13.3 Å². The van der Waals surface area contributed by atoms with E-state index in [9.17, 15) is 9.59 Å². The Morgan fingerprint density at radius 2 is 1.85 bits per heavy atom. The van der Waals surface area contributed by atoms with Gasteiger partial charge in [-0.05, 0) is 30.2 Å². The fourth-order valence-electron chi connectivity index (χ4n) is 3.23. The van der Waals surface area contributed by atoms with Crippen LogP contribution in [0.25, 0.3) is 0 Å². The summed E-state index contributed by atoms with van der Waals surface area (Å²) in [6.07, 6.45) is 2.52. The number of hydrogen-bond acceptors (Lipinski definition) is 3. The molecular formula is C20H25N4O2+. The minimum absolute atomic E-state index is 0.0189. The van der Waals surface area contributed by atoms with Crippen LogP contribution in [0.4, 0.5) is 5.69 Å². The Morgan fingerprint density at radius 3 is 2.54 bits per heavy atom. The van der Waals surface area contributed by atoms with Crippen LogP contribution in [0.2, 0.25) is 0 Å². The zero-order valence-corrected chi connectivity index (χ0v) is 15.1. The van der Waals surface area contributed by atoms with Crippen LogP contribution in [-0.2, 0) is 11.2 Å². The SMILES string of the molecule is CCc1ccccc1NC(=O)C[NH+]1CCN(C(=O)c2ccccn2)CC1. The molecule has 6 nitrogen and oxygen atoms in total. The number of carbonyl (C=O) groups excluding carboxylic acids is 2. The van der Waals surface area contributed by atoms with Crippen molar-refractivity contribution in [3.05, 3.63) is 59.9 Å². The molecule has 0 spiro atoms. The molecule has 1 saturated heterocycles. The van der Waals surface area contributed by atoms with Crippen LogP contribution in [0.3, 0.4) is 0 Å². The number of anilines is 1. The smallest absolute Gasteiger partial charge is 0.279 e. The highest BCUT2D eigenvalue weighted by molar-refractivity contribution is 5.93. The Morgan fingerprint density at radius 1 is 1.12 bits per heavy atom. The van der Waals surface area contributed by atoms with Crippen molar-refractivity contribution in [3.63, 3.8) is 0 Å². The van der Waals surface area contributed by atoms with Crippen molar-refractivity contribution in [1.29, 1.82) is 0 Å². The molecule has 0 saturated carbocycles. The number of hydrogen-bond donors (Lipinski definition) is 2. The first-order valence-electron chi connectivity index (χ1n) is 9.09. The summed E-state index contributed by atoms with van der Waals surface area (Å²) in [6.45, 7) is 5.31. The molecule has 2 aromatic rings. The van der Waals surface area contributed by atoms with E-state index in [1.807, 2.05) is 35.2 Å². The molecule has 26 heavy (non-hydrogen) atoms. The summed E-state index contributed by atoms with van der Waals surface area (Å²) in [7, 11) is 0. The normalized spacial score (nSPS) is 14.9. The van der Waals surface area contributed by atoms with Crippen LogP contribution < -0.4 is 10.2 Å². The van der Waals surface area contributed by atoms with Gasteiger partial charge in [0.15, 0.2) is 6.54 Å². The van der Waals surface area contributed by atoms with Crippen molar-refractivity contribution in [2.75, 3.05) is 38.0 Å². The van der Waals surface area contributed by atoms with Crippen molar-refractivity contribution in [3.8, 4) is 0 Å². The van der Waals surface area contributed by atoms with Gasteiger partial charge in [-0.25, -0.2) is 0 Å². The average molecular weight is 353 g/mol. The molecular weight excluding hydrogens is 328 g/mol. The number of nitrogens with zero attached hydrogens (tertiary/aromatic N) is 2. The Labute approximate surface area is 153 Å². The second-order valence-corrected chi connectivity index (χ2v) is 6.49. The average Bonchev–Trinajstić information content (AvgIpc) is 2.69. The first-order chi connectivity index (χ1) is 12.7. The van der Waals surface area contributed by atoms with Gasteiger partial charge in [-0.15, -0.1) is 0 Å². The number of amides is 2. The molecule has 136 valence electrons. The number of benzene rings is 1. The Balaban J connectivity index is 1.49. The Bertz CT molecular complexity index is 755. The summed E-state index contributed by atoms with van der Waals surface area (Å²) in [5.41, 5.74) is 2.51. The maximum absolute atomic E-state index is 12.4. The summed E-state index contributed by atoms with van der Waals surface area (Å²) < 4.78 is 0. The van der Waals surface area contributed by atoms with E-state index in [1.54, 1.807) is 18.3 Å². The third-order valence-electron chi connectivity index (χ3n) is 4.72. The second kappa shape index (κ2) is 8.58. The lowest BCUT2D eigenvalue weighted by Crippen LogP contribution is -3.15. The van der Waals surface area contributed by atoms with Gasteiger partial charge in [0, 0.05) is 11.9 Å². The number of piperazine rings is 1. The molecule has 1 aromatic carbocycles. The predicted octanol–water partition coefficient (Wildman–Crippen LogP) is 0.623. The third kappa shape index (κ3) is 4.46. The van der Waals surface area contributed by atoms with E-state index in [0.29, 0.717) is 25.3 Å². The number of para-hydroxylation sites is 1. The van der Waals surface area contributed by atoms with Crippen molar-refractivity contribution in [1.82, 2.24) is 9.88 Å². The maximum atomic E-state index is 12.4. The van der Waals surface area contributed by atoms with Crippen LogP contribution in [0, 0.1) is 0 Å². The molecule has 6 heteroatoms. The summed E-state index contributed by atoms with van der Waals surface area (Å²) in [4.78, 5) is 31.9. The van der Waals surface area contributed by atoms with Gasteiger partial charge in [0.1, 0.15) is 5.69 Å². The lowest BCUT2D eigenvalue weighted by atomic mass is 10.1. The van der Waals surface area contributed by atoms with E-state index in [-0.39, 0.29) is 11.8 Å². The van der Waals surface area contributed by atoms with Gasteiger partial charge in [0.2, 0.25) is 0 Å². The fourth-order valence-corrected chi connectivity index (χ4v) is 3.23. The van der Waals surface area contributed by atoms with Crippen LogP contribution in [0.15, 0.2) is 48.7 Å². The van der Waals surface area contributed by atoms with E-state index in [1.165, 1.54) is 4.90 Å². The van der Waals surface area contributed by atoms with Gasteiger partial charge >= 0.3 is 0 Å². The van der Waals surface area contributed by atoms with E-state index >= 15 is 0 Å². The molecule has 1 aliphatic rings. The number of nitrogens with one attached hydrogen (secondary N) is 2. The highest BCUT2D eigenvalue weighted by atomic mass is 16.2. The molecule has 1 aliphatic heterocycles.